The van der Waals surface area contributed by atoms with E-state index in [4.69, 9.17) is 13.8 Å². The number of amides is 2. The number of hydrogen-bond acceptors (Lipinski definition) is 6. The van der Waals surface area contributed by atoms with Crippen LogP contribution in [-0.2, 0) is 4.74 Å². The fourth-order valence-corrected chi connectivity index (χ4v) is 6.60. The van der Waals surface area contributed by atoms with Gasteiger partial charge in [-0.15, -0.1) is 5.92 Å². The fourth-order valence-electron chi connectivity index (χ4n) is 6.60. The number of imidazole rings is 1. The first-order chi connectivity index (χ1) is 21.9. The smallest absolute Gasteiger partial charge is 0.410 e. The second-order valence-electron chi connectivity index (χ2n) is 12.3. The molecule has 2 aromatic heterocycles. The molecule has 5 heterocycles. The number of carbonyl (C=O) groups is 2. The highest BCUT2D eigenvalue weighted by molar-refractivity contribution is 5.98. The van der Waals surface area contributed by atoms with Gasteiger partial charge in [-0.1, -0.05) is 18.1 Å². The second-order valence-corrected chi connectivity index (χ2v) is 12.3. The van der Waals surface area contributed by atoms with Gasteiger partial charge >= 0.3 is 6.09 Å². The molecule has 3 aliphatic rings. The van der Waals surface area contributed by atoms with Crippen LogP contribution >= 0.6 is 0 Å². The second kappa shape index (κ2) is 9.94. The maximum Gasteiger partial charge on any atom is 0.410 e. The zero-order valence-electron chi connectivity index (χ0n) is 27.6. The molecule has 1 unspecified atom stereocenters. The summed E-state index contributed by atoms with van der Waals surface area (Å²) in [6, 6.07) is 9.85. The van der Waals surface area contributed by atoms with Gasteiger partial charge in [0.2, 0.25) is 0 Å². The van der Waals surface area contributed by atoms with E-state index in [1.807, 2.05) is 45.0 Å². The molecule has 3 aliphatic heterocycles. The van der Waals surface area contributed by atoms with Gasteiger partial charge in [-0.05, 0) is 70.4 Å². The zero-order valence-corrected chi connectivity index (χ0v) is 24.6. The van der Waals surface area contributed by atoms with Crippen molar-refractivity contribution in [3.63, 3.8) is 0 Å². The van der Waals surface area contributed by atoms with E-state index in [0.717, 1.165) is 39.9 Å². The third-order valence-corrected chi connectivity index (χ3v) is 8.42. The Kier molecular flexibility index (Phi) is 5.50. The number of hydrogen-bond donors (Lipinski definition) is 0. The molecule has 218 valence electrons. The van der Waals surface area contributed by atoms with Crippen LogP contribution in [0, 0.1) is 11.8 Å². The van der Waals surface area contributed by atoms with E-state index in [2.05, 4.69) is 26.4 Å². The van der Waals surface area contributed by atoms with Crippen LogP contribution in [0.2, 0.25) is 0 Å². The molecule has 9 nitrogen and oxygen atoms in total. The Labute approximate surface area is 255 Å². The molecule has 0 spiro atoms. The van der Waals surface area contributed by atoms with Crippen molar-refractivity contribution in [3.8, 4) is 23.0 Å². The molecule has 4 aromatic rings. The van der Waals surface area contributed by atoms with Crippen molar-refractivity contribution in [1.29, 1.82) is 0 Å². The fraction of sp³-hybridized carbons (Fsp3) is 0.382. The lowest BCUT2D eigenvalue weighted by atomic mass is 9.93. The molecule has 0 radical (unpaired) electrons. The Morgan fingerprint density at radius 3 is 2.65 bits per heavy atom. The van der Waals surface area contributed by atoms with Crippen molar-refractivity contribution in [3.05, 3.63) is 77.1 Å². The SMILES string of the molecule is [2H]C([2H])([2H])N1C(=O)c2cccc(C#CC)c2[C@H]2C[C@@H]1c1nc3ccc(-c4cnc(C5CCCN5C(=O)OC(C)(C)C)nc4)cc3n12. The van der Waals surface area contributed by atoms with Crippen molar-refractivity contribution in [1.82, 2.24) is 29.3 Å². The highest BCUT2D eigenvalue weighted by Gasteiger charge is 2.44. The summed E-state index contributed by atoms with van der Waals surface area (Å²) in [4.78, 5) is 43.5. The maximum absolute atomic E-state index is 13.8. The highest BCUT2D eigenvalue weighted by atomic mass is 16.6. The molecule has 2 amide bonds. The zero-order chi connectivity index (χ0) is 32.5. The quantitative estimate of drug-likeness (QED) is 0.269. The topological polar surface area (TPSA) is 93.5 Å². The number of nitrogens with zero attached hydrogens (tertiary/aromatic N) is 6. The summed E-state index contributed by atoms with van der Waals surface area (Å²) >= 11 is 0. The minimum atomic E-state index is -2.66. The number of carbonyl (C=O) groups excluding carboxylic acids is 2. The van der Waals surface area contributed by atoms with Gasteiger partial charge in [0.05, 0.1) is 29.2 Å². The normalized spacial score (nSPS) is 22.2. The molecule has 3 atom stereocenters. The number of fused-ring (bicyclic) bond motifs is 9. The van der Waals surface area contributed by atoms with Crippen molar-refractivity contribution in [2.75, 3.05) is 13.5 Å². The molecular weight excluding hydrogens is 540 g/mol. The summed E-state index contributed by atoms with van der Waals surface area (Å²) in [6.07, 6.45) is 5.15. The van der Waals surface area contributed by atoms with E-state index in [1.54, 1.807) is 36.4 Å². The van der Waals surface area contributed by atoms with Gasteiger partial charge in [-0.2, -0.15) is 0 Å². The average Bonchev–Trinajstić information content (AvgIpc) is 3.69. The standard InChI is InChI=1S/C34H34N6O3/c1-6-9-20-10-7-11-23-29(20)27-17-28(38(5)32(23)41)31-37-24-14-13-21(16-26(24)40(27)31)22-18-35-30(36-19-22)25-12-8-15-39(25)33(42)43-34(2,3)4/h7,10-11,13-14,16,18-19,25,27-28H,8,12,15,17H2,1-5H3/t25?,27-,28-/m1/s1/i5D3. The van der Waals surface area contributed by atoms with Crippen LogP contribution in [0.5, 0.6) is 0 Å². The number of ether oxygens (including phenoxy) is 1. The predicted molar refractivity (Wildman–Crippen MR) is 162 cm³/mol. The van der Waals surface area contributed by atoms with Gasteiger partial charge in [-0.3, -0.25) is 9.69 Å². The van der Waals surface area contributed by atoms with E-state index in [9.17, 15) is 9.59 Å². The Hall–Kier alpha value is -4.71. The molecule has 2 aromatic carbocycles. The first-order valence-electron chi connectivity index (χ1n) is 16.1. The highest BCUT2D eigenvalue weighted by Crippen LogP contribution is 2.48. The summed E-state index contributed by atoms with van der Waals surface area (Å²) in [7, 11) is 0. The summed E-state index contributed by atoms with van der Waals surface area (Å²) in [5.74, 6) is 6.65. The van der Waals surface area contributed by atoms with Crippen LogP contribution in [0.15, 0.2) is 48.8 Å². The third-order valence-electron chi connectivity index (χ3n) is 8.42. The van der Waals surface area contributed by atoms with Crippen LogP contribution in [0.1, 0.15) is 102 Å². The molecular formula is C34H34N6O3. The first-order valence-corrected chi connectivity index (χ1v) is 14.6. The molecule has 1 fully saturated rings. The lowest BCUT2D eigenvalue weighted by Gasteiger charge is -2.27. The van der Waals surface area contributed by atoms with E-state index < -0.39 is 24.5 Å². The van der Waals surface area contributed by atoms with E-state index in [-0.39, 0.29) is 18.2 Å². The van der Waals surface area contributed by atoms with Gasteiger partial charge in [0.1, 0.15) is 11.4 Å². The minimum Gasteiger partial charge on any atom is -0.444 e. The lowest BCUT2D eigenvalue weighted by Crippen LogP contribution is -2.36. The number of aromatic nitrogens is 4. The van der Waals surface area contributed by atoms with Crippen LogP contribution in [0.4, 0.5) is 4.79 Å². The Morgan fingerprint density at radius 1 is 1.09 bits per heavy atom. The maximum atomic E-state index is 13.8. The van der Waals surface area contributed by atoms with Crippen molar-refractivity contribution < 1.29 is 18.4 Å². The van der Waals surface area contributed by atoms with E-state index >= 15 is 0 Å². The molecule has 7 rings (SSSR count). The molecule has 0 N–H and O–H groups in total. The number of rotatable bonds is 2. The molecule has 9 heteroatoms. The Balaban J connectivity index is 1.29. The Bertz CT molecular complexity index is 1950. The minimum absolute atomic E-state index is 0.253. The lowest BCUT2D eigenvalue weighted by molar-refractivity contribution is 0.0218. The van der Waals surface area contributed by atoms with E-state index in [1.165, 1.54) is 0 Å². The first kappa shape index (κ1) is 23.8. The van der Waals surface area contributed by atoms with Crippen molar-refractivity contribution in [2.45, 2.75) is 70.7 Å². The largest absolute Gasteiger partial charge is 0.444 e. The van der Waals surface area contributed by atoms with Gasteiger partial charge in [-0.25, -0.2) is 19.7 Å². The molecule has 0 aliphatic carbocycles. The van der Waals surface area contributed by atoms with Gasteiger partial charge in [0.15, 0.2) is 5.82 Å². The van der Waals surface area contributed by atoms with Crippen LogP contribution in [0.3, 0.4) is 0 Å². The number of benzene rings is 2. The predicted octanol–water partition coefficient (Wildman–Crippen LogP) is 6.06. The van der Waals surface area contributed by atoms with Crippen molar-refractivity contribution >= 4 is 23.0 Å². The Morgan fingerprint density at radius 2 is 1.91 bits per heavy atom. The van der Waals surface area contributed by atoms with E-state index in [0.29, 0.717) is 41.3 Å². The van der Waals surface area contributed by atoms with Gasteiger partial charge in [0, 0.05) is 58.7 Å². The van der Waals surface area contributed by atoms with Crippen LogP contribution in [-0.4, -0.2) is 60.4 Å². The van der Waals surface area contributed by atoms with Crippen molar-refractivity contribution in [2.24, 2.45) is 0 Å². The van der Waals surface area contributed by atoms with Gasteiger partial charge in [0.25, 0.3) is 5.91 Å². The van der Waals surface area contributed by atoms with Crippen LogP contribution < -0.4 is 0 Å². The molecule has 1 saturated heterocycles. The summed E-state index contributed by atoms with van der Waals surface area (Å²) < 4.78 is 32.5. The summed E-state index contributed by atoms with van der Waals surface area (Å²) in [5.41, 5.74) is 4.36. The third kappa shape index (κ3) is 4.44. The average molecular weight is 578 g/mol. The van der Waals surface area contributed by atoms with Crippen LogP contribution in [0.25, 0.3) is 22.2 Å². The summed E-state index contributed by atoms with van der Waals surface area (Å²) in [6.45, 7) is 5.22. The molecule has 0 saturated carbocycles. The van der Waals surface area contributed by atoms with Gasteiger partial charge < -0.3 is 14.2 Å². The summed E-state index contributed by atoms with van der Waals surface area (Å²) in [5, 5.41) is 0. The monoisotopic (exact) mass is 577 g/mol. The molecule has 2 bridgehead atoms. The number of likely N-dealkylation sites (tertiary alicyclic amines) is 1. The molecule has 43 heavy (non-hydrogen) atoms.